The van der Waals surface area contributed by atoms with Crippen molar-refractivity contribution in [3.8, 4) is 17.0 Å². The van der Waals surface area contributed by atoms with Crippen LogP contribution in [0.4, 0.5) is 0 Å². The predicted molar refractivity (Wildman–Crippen MR) is 82.4 cm³/mol. The van der Waals surface area contributed by atoms with Gasteiger partial charge in [-0.25, -0.2) is 0 Å². The fraction of sp³-hybridized carbons (Fsp3) is 0.375. The van der Waals surface area contributed by atoms with Gasteiger partial charge in [-0.1, -0.05) is 12.1 Å². The van der Waals surface area contributed by atoms with E-state index in [1.807, 2.05) is 44.2 Å². The number of ether oxygens (including phenoxy) is 1. The molecule has 21 heavy (non-hydrogen) atoms. The van der Waals surface area contributed by atoms with Crippen molar-refractivity contribution < 1.29 is 9.53 Å². The fourth-order valence-electron chi connectivity index (χ4n) is 2.26. The Hall–Kier alpha value is -2.30. The summed E-state index contributed by atoms with van der Waals surface area (Å²) in [6, 6.07) is 9.49. The molecule has 0 fully saturated rings. The molecule has 0 aliphatic carbocycles. The molecule has 1 heterocycles. The Morgan fingerprint density at radius 1 is 1.29 bits per heavy atom. The van der Waals surface area contributed by atoms with E-state index in [-0.39, 0.29) is 5.91 Å². The van der Waals surface area contributed by atoms with Gasteiger partial charge in [0, 0.05) is 25.7 Å². The molecule has 0 unspecified atom stereocenters. The first-order valence-corrected chi connectivity index (χ1v) is 7.08. The predicted octanol–water partition coefficient (Wildman–Crippen LogP) is 2.58. The summed E-state index contributed by atoms with van der Waals surface area (Å²) in [5.74, 6) is 0.777. The maximum Gasteiger partial charge on any atom is 0.272 e. The van der Waals surface area contributed by atoms with E-state index in [1.54, 1.807) is 23.7 Å². The number of benzene rings is 1. The van der Waals surface area contributed by atoms with Gasteiger partial charge in [0.15, 0.2) is 0 Å². The van der Waals surface area contributed by atoms with E-state index < -0.39 is 0 Å². The molecule has 1 amide bonds. The van der Waals surface area contributed by atoms with Gasteiger partial charge in [0.25, 0.3) is 5.91 Å². The van der Waals surface area contributed by atoms with Crippen LogP contribution in [0.3, 0.4) is 0 Å². The number of aromatic nitrogens is 2. The third kappa shape index (κ3) is 3.07. The highest BCUT2D eigenvalue weighted by atomic mass is 16.5. The molecule has 2 aromatic rings. The zero-order valence-electron chi connectivity index (χ0n) is 13.0. The average Bonchev–Trinajstić information content (AvgIpc) is 2.90. The Morgan fingerprint density at radius 3 is 2.62 bits per heavy atom. The second kappa shape index (κ2) is 6.43. The summed E-state index contributed by atoms with van der Waals surface area (Å²) in [7, 11) is 3.42. The summed E-state index contributed by atoms with van der Waals surface area (Å²) in [5, 5.41) is 4.44. The van der Waals surface area contributed by atoms with Crippen molar-refractivity contribution >= 4 is 5.91 Å². The van der Waals surface area contributed by atoms with Gasteiger partial charge in [-0.05, 0) is 32.0 Å². The molecular formula is C16H21N3O2. The first kappa shape index (κ1) is 15.1. The highest BCUT2D eigenvalue weighted by molar-refractivity contribution is 5.93. The lowest BCUT2D eigenvalue weighted by Gasteiger charge is -2.18. The number of rotatable bonds is 5. The lowest BCUT2D eigenvalue weighted by molar-refractivity contribution is 0.0762. The van der Waals surface area contributed by atoms with Crippen LogP contribution >= 0.6 is 0 Å². The van der Waals surface area contributed by atoms with Crippen molar-refractivity contribution in [2.24, 2.45) is 7.05 Å². The molecule has 0 spiro atoms. The Balaban J connectivity index is 2.36. The maximum absolute atomic E-state index is 12.4. The van der Waals surface area contributed by atoms with Crippen LogP contribution in [0.1, 0.15) is 24.3 Å². The smallest absolute Gasteiger partial charge is 0.272 e. The number of methoxy groups -OCH3 is 1. The van der Waals surface area contributed by atoms with Gasteiger partial charge in [-0.2, -0.15) is 5.10 Å². The molecule has 0 saturated carbocycles. The van der Waals surface area contributed by atoms with Crippen molar-refractivity contribution in [3.63, 3.8) is 0 Å². The number of carbonyl (C=O) groups excluding carboxylic acids is 1. The quantitative estimate of drug-likeness (QED) is 0.849. The SMILES string of the molecule is CCN(CC)C(=O)c1cc(-c2cccc(OC)c2)nn1C. The first-order valence-electron chi connectivity index (χ1n) is 7.08. The molecule has 0 atom stereocenters. The standard InChI is InChI=1S/C16H21N3O2/c1-5-19(6-2)16(20)15-11-14(17-18(15)3)12-8-7-9-13(10-12)21-4/h7-11H,5-6H2,1-4H3. The number of amides is 1. The molecule has 0 saturated heterocycles. The minimum atomic E-state index is 0.00384. The van der Waals surface area contributed by atoms with Gasteiger partial charge in [-0.15, -0.1) is 0 Å². The molecule has 0 aliphatic rings. The van der Waals surface area contributed by atoms with Crippen LogP contribution in [-0.2, 0) is 7.05 Å². The molecule has 112 valence electrons. The van der Waals surface area contributed by atoms with Gasteiger partial charge < -0.3 is 9.64 Å². The van der Waals surface area contributed by atoms with Crippen LogP contribution in [0.2, 0.25) is 0 Å². The fourth-order valence-corrected chi connectivity index (χ4v) is 2.26. The maximum atomic E-state index is 12.4. The summed E-state index contributed by atoms with van der Waals surface area (Å²) in [6.07, 6.45) is 0. The number of hydrogen-bond acceptors (Lipinski definition) is 3. The topological polar surface area (TPSA) is 47.4 Å². The average molecular weight is 287 g/mol. The Morgan fingerprint density at radius 2 is 2.00 bits per heavy atom. The Labute approximate surface area is 125 Å². The van der Waals surface area contributed by atoms with Gasteiger partial charge in [0.05, 0.1) is 12.8 Å². The molecule has 0 aliphatic heterocycles. The second-order valence-corrected chi connectivity index (χ2v) is 4.75. The lowest BCUT2D eigenvalue weighted by atomic mass is 10.1. The monoisotopic (exact) mass is 287 g/mol. The molecule has 0 N–H and O–H groups in total. The highest BCUT2D eigenvalue weighted by Crippen LogP contribution is 2.23. The zero-order chi connectivity index (χ0) is 15.4. The van der Waals surface area contributed by atoms with E-state index in [0.29, 0.717) is 18.8 Å². The second-order valence-electron chi connectivity index (χ2n) is 4.75. The van der Waals surface area contributed by atoms with Crippen LogP contribution in [0.5, 0.6) is 5.75 Å². The minimum Gasteiger partial charge on any atom is -0.497 e. The Kier molecular flexibility index (Phi) is 4.62. The van der Waals surface area contributed by atoms with Crippen LogP contribution < -0.4 is 4.74 Å². The normalized spacial score (nSPS) is 10.5. The van der Waals surface area contributed by atoms with E-state index in [1.165, 1.54) is 0 Å². The molecule has 2 rings (SSSR count). The van der Waals surface area contributed by atoms with Gasteiger partial charge >= 0.3 is 0 Å². The number of nitrogens with zero attached hydrogens (tertiary/aromatic N) is 3. The van der Waals surface area contributed by atoms with Gasteiger partial charge in [0.1, 0.15) is 11.4 Å². The van der Waals surface area contributed by atoms with Crippen LogP contribution in [0.25, 0.3) is 11.3 Å². The van der Waals surface area contributed by atoms with E-state index in [4.69, 9.17) is 4.74 Å². The van der Waals surface area contributed by atoms with E-state index >= 15 is 0 Å². The van der Waals surface area contributed by atoms with Gasteiger partial charge in [0.2, 0.25) is 0 Å². The molecular weight excluding hydrogens is 266 g/mol. The number of hydrogen-bond donors (Lipinski definition) is 0. The minimum absolute atomic E-state index is 0.00384. The molecule has 0 radical (unpaired) electrons. The molecule has 1 aromatic heterocycles. The molecule has 5 nitrogen and oxygen atoms in total. The van der Waals surface area contributed by atoms with E-state index in [0.717, 1.165) is 17.0 Å². The lowest BCUT2D eigenvalue weighted by Crippen LogP contribution is -2.31. The first-order chi connectivity index (χ1) is 10.1. The van der Waals surface area contributed by atoms with Crippen molar-refractivity contribution in [1.29, 1.82) is 0 Å². The van der Waals surface area contributed by atoms with Crippen LogP contribution in [0, 0.1) is 0 Å². The van der Waals surface area contributed by atoms with Crippen LogP contribution in [-0.4, -0.2) is 40.8 Å². The summed E-state index contributed by atoms with van der Waals surface area (Å²) < 4.78 is 6.86. The molecule has 1 aromatic carbocycles. The zero-order valence-corrected chi connectivity index (χ0v) is 13.0. The third-order valence-electron chi connectivity index (χ3n) is 3.52. The Bertz CT molecular complexity index is 630. The molecule has 0 bridgehead atoms. The largest absolute Gasteiger partial charge is 0.497 e. The summed E-state index contributed by atoms with van der Waals surface area (Å²) >= 11 is 0. The number of carbonyl (C=O) groups is 1. The van der Waals surface area contributed by atoms with Crippen molar-refractivity contribution in [2.45, 2.75) is 13.8 Å². The highest BCUT2D eigenvalue weighted by Gasteiger charge is 2.18. The van der Waals surface area contributed by atoms with Crippen molar-refractivity contribution in [3.05, 3.63) is 36.0 Å². The van der Waals surface area contributed by atoms with Crippen molar-refractivity contribution in [1.82, 2.24) is 14.7 Å². The van der Waals surface area contributed by atoms with Crippen molar-refractivity contribution in [2.75, 3.05) is 20.2 Å². The summed E-state index contributed by atoms with van der Waals surface area (Å²) in [6.45, 7) is 5.32. The number of aryl methyl sites for hydroxylation is 1. The third-order valence-corrected chi connectivity index (χ3v) is 3.52. The van der Waals surface area contributed by atoms with Crippen LogP contribution in [0.15, 0.2) is 30.3 Å². The summed E-state index contributed by atoms with van der Waals surface area (Å²) in [4.78, 5) is 14.2. The summed E-state index contributed by atoms with van der Waals surface area (Å²) in [5.41, 5.74) is 2.30. The van der Waals surface area contributed by atoms with E-state index in [9.17, 15) is 4.79 Å². The van der Waals surface area contributed by atoms with Gasteiger partial charge in [-0.3, -0.25) is 9.48 Å². The molecule has 5 heteroatoms. The van der Waals surface area contributed by atoms with E-state index in [2.05, 4.69) is 5.10 Å².